The van der Waals surface area contributed by atoms with Crippen LogP contribution in [0.4, 0.5) is 18.9 Å². The van der Waals surface area contributed by atoms with Crippen LogP contribution >= 0.6 is 0 Å². The molecule has 7 nitrogen and oxygen atoms in total. The molecule has 3 aromatic rings. The van der Waals surface area contributed by atoms with E-state index < -0.39 is 36.0 Å². The van der Waals surface area contributed by atoms with Crippen LogP contribution in [0, 0.1) is 0 Å². The molecular weight excluding hydrogens is 489 g/mol. The zero-order chi connectivity index (χ0) is 26.6. The van der Waals surface area contributed by atoms with Gasteiger partial charge in [-0.25, -0.2) is 0 Å². The number of rotatable bonds is 7. The standard InChI is InChI=1S/C27H25F3N2O5/c1-17(33)37-25(19-5-3-2-4-6-19)26(35)32(13-11-18-7-10-24(31-16-18)27(28,29)30)20-8-9-23-21(15-20)22(34)12-14-36-23/h2-10,15-16,22,25,34H,11-14H2,1H3/t22-,25-/m0/s1. The molecule has 1 aliphatic heterocycles. The van der Waals surface area contributed by atoms with E-state index in [4.69, 9.17) is 9.47 Å². The zero-order valence-electron chi connectivity index (χ0n) is 19.9. The number of benzene rings is 2. The minimum absolute atomic E-state index is 0.0478. The van der Waals surface area contributed by atoms with Gasteiger partial charge in [0.1, 0.15) is 11.4 Å². The Morgan fingerprint density at radius 1 is 1.16 bits per heavy atom. The Kier molecular flexibility index (Phi) is 7.77. The minimum atomic E-state index is -4.56. The van der Waals surface area contributed by atoms with Gasteiger partial charge in [0.15, 0.2) is 0 Å². The quantitative estimate of drug-likeness (QED) is 0.456. The van der Waals surface area contributed by atoms with Crippen molar-refractivity contribution in [3.63, 3.8) is 0 Å². The third-order valence-corrected chi connectivity index (χ3v) is 5.93. The molecule has 0 bridgehead atoms. The lowest BCUT2D eigenvalue weighted by Gasteiger charge is -2.29. The summed E-state index contributed by atoms with van der Waals surface area (Å²) in [4.78, 5) is 30.6. The summed E-state index contributed by atoms with van der Waals surface area (Å²) in [7, 11) is 0. The molecule has 2 heterocycles. The highest BCUT2D eigenvalue weighted by Crippen LogP contribution is 2.36. The molecule has 194 valence electrons. The van der Waals surface area contributed by atoms with E-state index in [1.807, 2.05) is 0 Å². The largest absolute Gasteiger partial charge is 0.493 e. The van der Waals surface area contributed by atoms with E-state index in [0.29, 0.717) is 41.2 Å². The van der Waals surface area contributed by atoms with Crippen molar-refractivity contribution in [3.05, 3.63) is 89.2 Å². The second kappa shape index (κ2) is 11.0. The molecule has 0 unspecified atom stereocenters. The number of hydrogen-bond acceptors (Lipinski definition) is 6. The Morgan fingerprint density at radius 3 is 2.57 bits per heavy atom. The summed E-state index contributed by atoms with van der Waals surface area (Å²) in [6, 6.07) is 15.6. The average molecular weight is 515 g/mol. The smallest absolute Gasteiger partial charge is 0.433 e. The third-order valence-electron chi connectivity index (χ3n) is 5.93. The molecule has 2 aromatic carbocycles. The number of esters is 1. The monoisotopic (exact) mass is 514 g/mol. The summed E-state index contributed by atoms with van der Waals surface area (Å²) in [5.41, 5.74) is 0.871. The van der Waals surface area contributed by atoms with Crippen molar-refractivity contribution in [1.82, 2.24) is 4.98 Å². The van der Waals surface area contributed by atoms with Crippen LogP contribution < -0.4 is 9.64 Å². The van der Waals surface area contributed by atoms with Gasteiger partial charge in [-0.05, 0) is 36.2 Å². The van der Waals surface area contributed by atoms with Crippen molar-refractivity contribution >= 4 is 17.6 Å². The number of hydrogen-bond donors (Lipinski definition) is 1. The second-order valence-electron chi connectivity index (χ2n) is 8.56. The molecule has 1 N–H and O–H groups in total. The van der Waals surface area contributed by atoms with E-state index >= 15 is 0 Å². The van der Waals surface area contributed by atoms with Gasteiger partial charge in [-0.3, -0.25) is 14.6 Å². The predicted octanol–water partition coefficient (Wildman–Crippen LogP) is 4.80. The molecular formula is C27H25F3N2O5. The lowest BCUT2D eigenvalue weighted by Crippen LogP contribution is -2.38. The highest BCUT2D eigenvalue weighted by Gasteiger charge is 2.33. The van der Waals surface area contributed by atoms with Gasteiger partial charge in [-0.2, -0.15) is 13.2 Å². The first-order valence-electron chi connectivity index (χ1n) is 11.6. The summed E-state index contributed by atoms with van der Waals surface area (Å²) in [5, 5.41) is 10.5. The first-order valence-corrected chi connectivity index (χ1v) is 11.6. The molecule has 10 heteroatoms. The number of amides is 1. The fraction of sp³-hybridized carbons (Fsp3) is 0.296. The van der Waals surface area contributed by atoms with Gasteiger partial charge in [-0.1, -0.05) is 36.4 Å². The molecule has 0 spiro atoms. The number of alkyl halides is 3. The molecule has 4 rings (SSSR count). The van der Waals surface area contributed by atoms with Crippen molar-refractivity contribution < 1.29 is 37.3 Å². The number of aromatic nitrogens is 1. The number of carbonyl (C=O) groups excluding carboxylic acids is 2. The molecule has 37 heavy (non-hydrogen) atoms. The number of anilines is 1. The Hall–Kier alpha value is -3.92. The SMILES string of the molecule is CC(=O)O[C@H](C(=O)N(CCc1ccc(C(F)(F)F)nc1)c1ccc2c(c1)[C@@H](O)CCO2)c1ccccc1. The predicted molar refractivity (Wildman–Crippen MR) is 128 cm³/mol. The van der Waals surface area contributed by atoms with Crippen LogP contribution in [0.3, 0.4) is 0 Å². The Bertz CT molecular complexity index is 1250. The third kappa shape index (κ3) is 6.26. The van der Waals surface area contributed by atoms with Gasteiger partial charge in [0, 0.05) is 42.9 Å². The van der Waals surface area contributed by atoms with E-state index in [2.05, 4.69) is 4.98 Å². The topological polar surface area (TPSA) is 89.0 Å². The molecule has 0 saturated heterocycles. The van der Waals surface area contributed by atoms with Gasteiger partial charge < -0.3 is 19.5 Å². The van der Waals surface area contributed by atoms with E-state index in [1.165, 1.54) is 17.9 Å². The minimum Gasteiger partial charge on any atom is -0.493 e. The van der Waals surface area contributed by atoms with Crippen LogP contribution in [0.2, 0.25) is 0 Å². The van der Waals surface area contributed by atoms with Crippen LogP contribution in [-0.4, -0.2) is 35.1 Å². The average Bonchev–Trinajstić information content (AvgIpc) is 2.88. The number of halogens is 3. The first kappa shape index (κ1) is 26.2. The van der Waals surface area contributed by atoms with E-state index in [0.717, 1.165) is 12.3 Å². The number of carbonyl (C=O) groups is 2. The van der Waals surface area contributed by atoms with Crippen molar-refractivity contribution in [3.8, 4) is 5.75 Å². The van der Waals surface area contributed by atoms with Gasteiger partial charge in [-0.15, -0.1) is 0 Å². The number of ether oxygens (including phenoxy) is 2. The summed E-state index contributed by atoms with van der Waals surface area (Å²) in [6.45, 7) is 1.61. The molecule has 1 amide bonds. The first-order chi connectivity index (χ1) is 17.6. The van der Waals surface area contributed by atoms with Crippen molar-refractivity contribution in [1.29, 1.82) is 0 Å². The number of aliphatic hydroxyl groups is 1. The lowest BCUT2D eigenvalue weighted by atomic mass is 10.0. The number of nitrogens with zero attached hydrogens (tertiary/aromatic N) is 2. The molecule has 1 aromatic heterocycles. The Labute approximate surface area is 211 Å². The maximum Gasteiger partial charge on any atom is 0.433 e. The maximum atomic E-state index is 13.8. The number of pyridine rings is 1. The van der Waals surface area contributed by atoms with Crippen molar-refractivity contribution in [2.75, 3.05) is 18.1 Å². The highest BCUT2D eigenvalue weighted by atomic mass is 19.4. The van der Waals surface area contributed by atoms with Gasteiger partial charge in [0.2, 0.25) is 6.10 Å². The van der Waals surface area contributed by atoms with Crippen molar-refractivity contribution in [2.24, 2.45) is 0 Å². The van der Waals surface area contributed by atoms with Gasteiger partial charge in [0.05, 0.1) is 12.7 Å². The highest BCUT2D eigenvalue weighted by molar-refractivity contribution is 5.98. The number of fused-ring (bicyclic) bond motifs is 1. The summed E-state index contributed by atoms with van der Waals surface area (Å²) >= 11 is 0. The summed E-state index contributed by atoms with van der Waals surface area (Å²) < 4.78 is 49.7. The maximum absolute atomic E-state index is 13.8. The Balaban J connectivity index is 1.68. The molecule has 0 saturated carbocycles. The van der Waals surface area contributed by atoms with Crippen LogP contribution in [0.1, 0.15) is 47.9 Å². The zero-order valence-corrected chi connectivity index (χ0v) is 19.9. The summed E-state index contributed by atoms with van der Waals surface area (Å²) in [5.74, 6) is -0.697. The molecule has 1 aliphatic rings. The number of aliphatic hydroxyl groups excluding tert-OH is 1. The van der Waals surface area contributed by atoms with Gasteiger partial charge in [0.25, 0.3) is 5.91 Å². The van der Waals surface area contributed by atoms with E-state index in [1.54, 1.807) is 48.5 Å². The second-order valence-corrected chi connectivity index (χ2v) is 8.56. The molecule has 0 aliphatic carbocycles. The van der Waals surface area contributed by atoms with Crippen LogP contribution in [-0.2, 0) is 26.9 Å². The molecule has 0 fully saturated rings. The fourth-order valence-corrected chi connectivity index (χ4v) is 4.08. The van der Waals surface area contributed by atoms with Gasteiger partial charge >= 0.3 is 12.1 Å². The lowest BCUT2D eigenvalue weighted by molar-refractivity contribution is -0.153. The van der Waals surface area contributed by atoms with Crippen molar-refractivity contribution in [2.45, 2.75) is 38.1 Å². The van der Waals surface area contributed by atoms with E-state index in [-0.39, 0.29) is 13.0 Å². The van der Waals surface area contributed by atoms with Crippen LogP contribution in [0.15, 0.2) is 66.9 Å². The van der Waals surface area contributed by atoms with Crippen LogP contribution in [0.5, 0.6) is 5.75 Å². The molecule has 2 atom stereocenters. The normalized spacial score (nSPS) is 15.8. The van der Waals surface area contributed by atoms with Crippen LogP contribution in [0.25, 0.3) is 0 Å². The summed E-state index contributed by atoms with van der Waals surface area (Å²) in [6.07, 6.45) is -4.90. The fourth-order valence-electron chi connectivity index (χ4n) is 4.08. The Morgan fingerprint density at radius 2 is 1.92 bits per heavy atom. The molecule has 0 radical (unpaired) electrons. The van der Waals surface area contributed by atoms with E-state index in [9.17, 15) is 27.9 Å².